The quantitative estimate of drug-likeness (QED) is 0.279. The Balaban J connectivity index is 1.86. The number of rotatable bonds is 7. The van der Waals surface area contributed by atoms with Gasteiger partial charge in [-0.05, 0) is 36.2 Å². The molecule has 3 aromatic rings. The lowest BCUT2D eigenvalue weighted by Gasteiger charge is -2.06. The molecule has 0 aliphatic heterocycles. The normalized spacial score (nSPS) is 10.4. The number of nitro groups is 1. The highest BCUT2D eigenvalue weighted by Crippen LogP contribution is 2.34. The Morgan fingerprint density at radius 2 is 1.82 bits per heavy atom. The van der Waals surface area contributed by atoms with E-state index < -0.39 is 22.7 Å². The Morgan fingerprint density at radius 1 is 1.12 bits per heavy atom. The van der Waals surface area contributed by atoms with Gasteiger partial charge in [0.15, 0.2) is 0 Å². The van der Waals surface area contributed by atoms with Gasteiger partial charge in [0.25, 0.3) is 11.6 Å². The highest BCUT2D eigenvalue weighted by atomic mass is 35.5. The number of carbonyl (C=O) groups is 3. The molecule has 33 heavy (non-hydrogen) atoms. The van der Waals surface area contributed by atoms with Gasteiger partial charge in [0, 0.05) is 22.8 Å². The van der Waals surface area contributed by atoms with Crippen LogP contribution in [0.25, 0.3) is 0 Å². The summed E-state index contributed by atoms with van der Waals surface area (Å²) < 4.78 is 4.82. The molecule has 1 aromatic heterocycles. The molecule has 0 fully saturated rings. The fourth-order valence-electron chi connectivity index (χ4n) is 3.01. The van der Waals surface area contributed by atoms with Gasteiger partial charge in [-0.15, -0.1) is 11.3 Å². The van der Waals surface area contributed by atoms with E-state index >= 15 is 0 Å². The van der Waals surface area contributed by atoms with Crippen LogP contribution in [0.4, 0.5) is 16.4 Å². The molecular weight excluding hydrogens is 470 g/mol. The third-order valence-corrected chi connectivity index (χ3v) is 6.05. The molecule has 0 unspecified atom stereocenters. The average Bonchev–Trinajstić information content (AvgIpc) is 3.10. The largest absolute Gasteiger partial charge is 0.465 e. The zero-order chi connectivity index (χ0) is 24.1. The number of benzene rings is 2. The first kappa shape index (κ1) is 23.9. The fourth-order valence-corrected chi connectivity index (χ4v) is 4.24. The van der Waals surface area contributed by atoms with Gasteiger partial charge < -0.3 is 15.4 Å². The van der Waals surface area contributed by atoms with E-state index in [4.69, 9.17) is 16.3 Å². The molecule has 2 aromatic carbocycles. The number of hydrogen-bond donors (Lipinski definition) is 2. The third-order valence-electron chi connectivity index (χ3n) is 4.59. The van der Waals surface area contributed by atoms with Crippen LogP contribution in [0.1, 0.15) is 31.2 Å². The molecule has 0 atom stereocenters. The van der Waals surface area contributed by atoms with Crippen molar-refractivity contribution >= 4 is 57.1 Å². The van der Waals surface area contributed by atoms with Crippen molar-refractivity contribution in [2.75, 3.05) is 17.7 Å². The number of hydrogen-bond acceptors (Lipinski definition) is 7. The van der Waals surface area contributed by atoms with E-state index in [2.05, 4.69) is 10.6 Å². The van der Waals surface area contributed by atoms with Crippen LogP contribution in [0.3, 0.4) is 0 Å². The molecule has 170 valence electrons. The van der Waals surface area contributed by atoms with E-state index in [1.54, 1.807) is 31.2 Å². The Hall–Kier alpha value is -3.76. The summed E-state index contributed by atoms with van der Waals surface area (Å²) >= 11 is 6.77. The monoisotopic (exact) mass is 487 g/mol. The lowest BCUT2D eigenvalue weighted by molar-refractivity contribution is -0.384. The highest BCUT2D eigenvalue weighted by Gasteiger charge is 2.26. The zero-order valence-corrected chi connectivity index (χ0v) is 19.1. The Bertz CT molecular complexity index is 1240. The Morgan fingerprint density at radius 3 is 2.45 bits per heavy atom. The van der Waals surface area contributed by atoms with Gasteiger partial charge in [-0.2, -0.15) is 0 Å². The molecule has 2 N–H and O–H groups in total. The number of halogens is 1. The molecule has 3 rings (SSSR count). The molecule has 0 spiro atoms. The molecule has 0 aliphatic rings. The summed E-state index contributed by atoms with van der Waals surface area (Å²) in [4.78, 5) is 48.3. The molecule has 0 bridgehead atoms. The van der Waals surface area contributed by atoms with Crippen molar-refractivity contribution in [3.05, 3.63) is 85.2 Å². The number of ether oxygens (including phenoxy) is 1. The first-order chi connectivity index (χ1) is 15.7. The van der Waals surface area contributed by atoms with Crippen LogP contribution in [0.5, 0.6) is 0 Å². The number of methoxy groups -OCH3 is 1. The smallest absolute Gasteiger partial charge is 0.341 e. The molecule has 0 saturated heterocycles. The number of esters is 1. The maximum Gasteiger partial charge on any atom is 0.341 e. The minimum absolute atomic E-state index is 0.0317. The summed E-state index contributed by atoms with van der Waals surface area (Å²) in [6, 6.07) is 12.2. The summed E-state index contributed by atoms with van der Waals surface area (Å²) in [5, 5.41) is 16.9. The highest BCUT2D eigenvalue weighted by molar-refractivity contribution is 7.18. The molecule has 0 saturated carbocycles. The standard InChI is InChI=1S/C22H18ClN3O6S/c1-12-18(22(29)32-2)21(25-17(27)10-13-6-8-14(23)9-7-13)33-19(12)20(28)24-15-4-3-5-16(11-15)26(30)31/h3-9,11H,10H2,1-2H3,(H,24,28)(H,25,27). The van der Waals surface area contributed by atoms with Crippen LogP contribution in [0, 0.1) is 17.0 Å². The SMILES string of the molecule is COC(=O)c1c(NC(=O)Cc2ccc(Cl)cc2)sc(C(=O)Nc2cccc([N+](=O)[O-])c2)c1C. The van der Waals surface area contributed by atoms with Gasteiger partial charge in [0.05, 0.1) is 28.9 Å². The van der Waals surface area contributed by atoms with Crippen LogP contribution >= 0.6 is 22.9 Å². The van der Waals surface area contributed by atoms with E-state index in [9.17, 15) is 24.5 Å². The number of thiophene rings is 1. The fraction of sp³-hybridized carbons (Fsp3) is 0.136. The van der Waals surface area contributed by atoms with Crippen molar-refractivity contribution in [1.82, 2.24) is 0 Å². The van der Waals surface area contributed by atoms with E-state index in [-0.39, 0.29) is 33.2 Å². The number of amides is 2. The van der Waals surface area contributed by atoms with Gasteiger partial charge >= 0.3 is 5.97 Å². The van der Waals surface area contributed by atoms with Crippen LogP contribution in [0.2, 0.25) is 5.02 Å². The number of nitro benzene ring substituents is 1. The predicted molar refractivity (Wildman–Crippen MR) is 125 cm³/mol. The summed E-state index contributed by atoms with van der Waals surface area (Å²) in [7, 11) is 1.20. The maximum absolute atomic E-state index is 12.9. The van der Waals surface area contributed by atoms with Gasteiger partial charge in [0.1, 0.15) is 5.00 Å². The van der Waals surface area contributed by atoms with Crippen LogP contribution < -0.4 is 10.6 Å². The first-order valence-corrected chi connectivity index (χ1v) is 10.7. The van der Waals surface area contributed by atoms with Crippen molar-refractivity contribution in [2.24, 2.45) is 0 Å². The van der Waals surface area contributed by atoms with E-state index in [1.165, 1.54) is 31.4 Å². The number of carbonyl (C=O) groups excluding carboxylic acids is 3. The molecule has 1 heterocycles. The minimum Gasteiger partial charge on any atom is -0.465 e. The summed E-state index contributed by atoms with van der Waals surface area (Å²) in [6.45, 7) is 1.56. The average molecular weight is 488 g/mol. The number of nitrogens with one attached hydrogen (secondary N) is 2. The zero-order valence-electron chi connectivity index (χ0n) is 17.5. The summed E-state index contributed by atoms with van der Waals surface area (Å²) in [5.74, 6) is -1.68. The minimum atomic E-state index is -0.708. The van der Waals surface area contributed by atoms with Gasteiger partial charge in [0.2, 0.25) is 5.91 Å². The van der Waals surface area contributed by atoms with Crippen molar-refractivity contribution in [3.8, 4) is 0 Å². The van der Waals surface area contributed by atoms with Gasteiger partial charge in [-0.1, -0.05) is 29.8 Å². The molecular formula is C22H18ClN3O6S. The van der Waals surface area contributed by atoms with Gasteiger partial charge in [-0.25, -0.2) is 4.79 Å². The second-order valence-corrected chi connectivity index (χ2v) is 8.32. The second-order valence-electron chi connectivity index (χ2n) is 6.86. The molecule has 9 nitrogen and oxygen atoms in total. The van der Waals surface area contributed by atoms with Crippen molar-refractivity contribution < 1.29 is 24.0 Å². The second kappa shape index (κ2) is 10.2. The van der Waals surface area contributed by atoms with Crippen molar-refractivity contribution in [3.63, 3.8) is 0 Å². The topological polar surface area (TPSA) is 128 Å². The van der Waals surface area contributed by atoms with Crippen LogP contribution in [-0.2, 0) is 16.0 Å². The molecule has 0 radical (unpaired) electrons. The Kier molecular flexibility index (Phi) is 7.41. The van der Waals surface area contributed by atoms with E-state index in [1.807, 2.05) is 0 Å². The van der Waals surface area contributed by atoms with Crippen LogP contribution in [0.15, 0.2) is 48.5 Å². The third kappa shape index (κ3) is 5.73. The lowest BCUT2D eigenvalue weighted by atomic mass is 10.1. The Labute approximate surface area is 197 Å². The summed E-state index contributed by atoms with van der Waals surface area (Å²) in [6.07, 6.45) is 0.0317. The first-order valence-electron chi connectivity index (χ1n) is 9.51. The number of nitrogens with zero attached hydrogens (tertiary/aromatic N) is 1. The molecule has 2 amide bonds. The van der Waals surface area contributed by atoms with E-state index in [0.29, 0.717) is 16.1 Å². The predicted octanol–water partition coefficient (Wildman–Crippen LogP) is 4.84. The van der Waals surface area contributed by atoms with Crippen LogP contribution in [-0.4, -0.2) is 29.8 Å². The molecule has 11 heteroatoms. The van der Waals surface area contributed by atoms with Crippen molar-refractivity contribution in [2.45, 2.75) is 13.3 Å². The number of anilines is 2. The maximum atomic E-state index is 12.9. The lowest BCUT2D eigenvalue weighted by Crippen LogP contribution is -2.16. The molecule has 0 aliphatic carbocycles. The van der Waals surface area contributed by atoms with E-state index in [0.717, 1.165) is 11.3 Å². The summed E-state index contributed by atoms with van der Waals surface area (Å²) in [5.41, 5.74) is 1.14. The number of non-ortho nitro benzene ring substituents is 1. The van der Waals surface area contributed by atoms with Gasteiger partial charge in [-0.3, -0.25) is 19.7 Å². The van der Waals surface area contributed by atoms with Crippen molar-refractivity contribution in [1.29, 1.82) is 0 Å².